The predicted octanol–water partition coefficient (Wildman–Crippen LogP) is 2.34. The van der Waals surface area contributed by atoms with Crippen molar-refractivity contribution in [3.8, 4) is 0 Å². The molecule has 0 saturated carbocycles. The molecule has 0 aliphatic rings. The van der Waals surface area contributed by atoms with Crippen LogP contribution >= 0.6 is 0 Å². The summed E-state index contributed by atoms with van der Waals surface area (Å²) in [4.78, 5) is 22.9. The Morgan fingerprint density at radius 3 is 2.41 bits per heavy atom. The summed E-state index contributed by atoms with van der Waals surface area (Å²) in [6.07, 6.45) is 1.59. The molecule has 1 aromatic heterocycles. The highest BCUT2D eigenvalue weighted by Crippen LogP contribution is 2.15. The molecular formula is C16H16N4O2. The fraction of sp³-hybridized carbons (Fsp3) is 0.125. The van der Waals surface area contributed by atoms with Gasteiger partial charge in [-0.15, -0.1) is 16.8 Å². The molecule has 112 valence electrons. The van der Waals surface area contributed by atoms with E-state index in [1.165, 1.54) is 6.92 Å². The average Bonchev–Trinajstić information content (AvgIpc) is 2.54. The van der Waals surface area contributed by atoms with Gasteiger partial charge < -0.3 is 10.6 Å². The number of carbonyl (C=O) groups is 2. The van der Waals surface area contributed by atoms with Crippen molar-refractivity contribution in [2.75, 3.05) is 11.9 Å². The van der Waals surface area contributed by atoms with Gasteiger partial charge in [0, 0.05) is 17.8 Å². The Labute approximate surface area is 128 Å². The van der Waals surface area contributed by atoms with Crippen LogP contribution in [0, 0.1) is 0 Å². The van der Waals surface area contributed by atoms with Gasteiger partial charge in [0.05, 0.1) is 0 Å². The maximum atomic E-state index is 11.7. The van der Waals surface area contributed by atoms with E-state index in [1.54, 1.807) is 42.5 Å². The monoisotopic (exact) mass is 296 g/mol. The van der Waals surface area contributed by atoms with E-state index < -0.39 is 0 Å². The van der Waals surface area contributed by atoms with Gasteiger partial charge in [0.1, 0.15) is 0 Å². The molecule has 0 radical (unpaired) electrons. The van der Waals surface area contributed by atoms with Crippen molar-refractivity contribution >= 4 is 23.2 Å². The van der Waals surface area contributed by atoms with Gasteiger partial charge in [0.15, 0.2) is 17.3 Å². The Morgan fingerprint density at radius 1 is 1.14 bits per heavy atom. The average molecular weight is 296 g/mol. The maximum Gasteiger partial charge on any atom is 0.272 e. The van der Waals surface area contributed by atoms with E-state index in [0.29, 0.717) is 17.9 Å². The molecule has 6 heteroatoms. The fourth-order valence-electron chi connectivity index (χ4n) is 1.71. The summed E-state index contributed by atoms with van der Waals surface area (Å²) in [5.74, 6) is 0.224. The van der Waals surface area contributed by atoms with Gasteiger partial charge >= 0.3 is 0 Å². The molecule has 0 spiro atoms. The zero-order chi connectivity index (χ0) is 15.9. The first-order valence-electron chi connectivity index (χ1n) is 6.71. The number of anilines is 2. The van der Waals surface area contributed by atoms with Crippen LogP contribution in [0.2, 0.25) is 0 Å². The van der Waals surface area contributed by atoms with E-state index in [4.69, 9.17) is 0 Å². The summed E-state index contributed by atoms with van der Waals surface area (Å²) in [6, 6.07) is 10.3. The number of ketones is 1. The quantitative estimate of drug-likeness (QED) is 0.631. The second-order valence-corrected chi connectivity index (χ2v) is 4.56. The molecule has 0 aliphatic heterocycles. The lowest BCUT2D eigenvalue weighted by atomic mass is 10.1. The Hall–Kier alpha value is -3.02. The molecule has 1 aromatic carbocycles. The Morgan fingerprint density at radius 2 is 1.86 bits per heavy atom. The van der Waals surface area contributed by atoms with Crippen molar-refractivity contribution in [1.29, 1.82) is 0 Å². The molecule has 2 N–H and O–H groups in total. The van der Waals surface area contributed by atoms with Crippen LogP contribution in [0.25, 0.3) is 0 Å². The van der Waals surface area contributed by atoms with E-state index in [2.05, 4.69) is 27.4 Å². The number of benzene rings is 1. The topological polar surface area (TPSA) is 84.0 Å². The third-order valence-corrected chi connectivity index (χ3v) is 2.87. The van der Waals surface area contributed by atoms with Crippen LogP contribution in [-0.4, -0.2) is 28.4 Å². The first-order valence-corrected chi connectivity index (χ1v) is 6.71. The molecule has 22 heavy (non-hydrogen) atoms. The summed E-state index contributed by atoms with van der Waals surface area (Å²) in [5, 5.41) is 13.5. The normalized spacial score (nSPS) is 9.86. The van der Waals surface area contributed by atoms with Crippen molar-refractivity contribution in [2.45, 2.75) is 6.92 Å². The number of Topliss-reactive ketones (excluding diaryl/α,β-unsaturated/α-hetero) is 1. The number of aromatic nitrogens is 2. The van der Waals surface area contributed by atoms with Crippen LogP contribution in [0.3, 0.4) is 0 Å². The smallest absolute Gasteiger partial charge is 0.272 e. The Kier molecular flexibility index (Phi) is 4.98. The summed E-state index contributed by atoms with van der Waals surface area (Å²) in [5.41, 5.74) is 1.66. The van der Waals surface area contributed by atoms with E-state index in [0.717, 1.165) is 5.69 Å². The van der Waals surface area contributed by atoms with Crippen LogP contribution < -0.4 is 10.6 Å². The minimum Gasteiger partial charge on any atom is -0.347 e. The summed E-state index contributed by atoms with van der Waals surface area (Å²) in [7, 11) is 0. The first-order chi connectivity index (χ1) is 10.6. The standard InChI is InChI=1S/C16H16N4O2/c1-3-10-17-16(22)14-8-9-15(20-19-14)18-13-6-4-12(5-7-13)11(2)21/h3-9H,1,10H2,2H3,(H,17,22)(H,18,20). The van der Waals surface area contributed by atoms with Gasteiger partial charge in [-0.3, -0.25) is 9.59 Å². The van der Waals surface area contributed by atoms with Crippen LogP contribution in [0.15, 0.2) is 49.1 Å². The number of hydrogen-bond acceptors (Lipinski definition) is 5. The zero-order valence-electron chi connectivity index (χ0n) is 12.2. The van der Waals surface area contributed by atoms with Crippen molar-refractivity contribution in [2.24, 2.45) is 0 Å². The van der Waals surface area contributed by atoms with Gasteiger partial charge in [-0.05, 0) is 43.3 Å². The van der Waals surface area contributed by atoms with Crippen molar-refractivity contribution in [3.63, 3.8) is 0 Å². The number of carbonyl (C=O) groups excluding carboxylic acids is 2. The lowest BCUT2D eigenvalue weighted by Crippen LogP contribution is -2.24. The third-order valence-electron chi connectivity index (χ3n) is 2.87. The number of amides is 1. The highest BCUT2D eigenvalue weighted by Gasteiger charge is 2.07. The van der Waals surface area contributed by atoms with E-state index >= 15 is 0 Å². The largest absolute Gasteiger partial charge is 0.347 e. The summed E-state index contributed by atoms with van der Waals surface area (Å²) >= 11 is 0. The molecule has 0 saturated heterocycles. The fourth-order valence-corrected chi connectivity index (χ4v) is 1.71. The second-order valence-electron chi connectivity index (χ2n) is 4.56. The van der Waals surface area contributed by atoms with Gasteiger partial charge in [-0.1, -0.05) is 6.08 Å². The van der Waals surface area contributed by atoms with Crippen LogP contribution in [0.4, 0.5) is 11.5 Å². The third kappa shape index (κ3) is 3.99. The minimum atomic E-state index is -0.301. The summed E-state index contributed by atoms with van der Waals surface area (Å²) < 4.78 is 0. The molecule has 1 amide bonds. The highest BCUT2D eigenvalue weighted by molar-refractivity contribution is 5.94. The Bertz CT molecular complexity index is 678. The molecule has 0 unspecified atom stereocenters. The number of nitrogens with zero attached hydrogens (tertiary/aromatic N) is 2. The Balaban J connectivity index is 2.03. The lowest BCUT2D eigenvalue weighted by Gasteiger charge is -2.06. The van der Waals surface area contributed by atoms with Crippen LogP contribution in [0.5, 0.6) is 0 Å². The number of rotatable bonds is 6. The lowest BCUT2D eigenvalue weighted by molar-refractivity contribution is 0.0951. The first kappa shape index (κ1) is 15.4. The molecule has 0 bridgehead atoms. The van der Waals surface area contributed by atoms with Crippen LogP contribution in [-0.2, 0) is 0 Å². The maximum absolute atomic E-state index is 11.7. The molecule has 0 fully saturated rings. The van der Waals surface area contributed by atoms with Gasteiger partial charge in [0.25, 0.3) is 5.91 Å². The van der Waals surface area contributed by atoms with E-state index in [-0.39, 0.29) is 17.4 Å². The van der Waals surface area contributed by atoms with Gasteiger partial charge in [0.2, 0.25) is 0 Å². The van der Waals surface area contributed by atoms with Crippen molar-refractivity contribution in [1.82, 2.24) is 15.5 Å². The molecule has 2 aromatic rings. The number of nitrogens with one attached hydrogen (secondary N) is 2. The van der Waals surface area contributed by atoms with Gasteiger partial charge in [-0.25, -0.2) is 0 Å². The molecule has 2 rings (SSSR count). The minimum absolute atomic E-state index is 0.0150. The molecule has 1 heterocycles. The summed E-state index contributed by atoms with van der Waals surface area (Å²) in [6.45, 7) is 5.42. The second kappa shape index (κ2) is 7.12. The van der Waals surface area contributed by atoms with Crippen molar-refractivity contribution in [3.05, 3.63) is 60.3 Å². The predicted molar refractivity (Wildman–Crippen MR) is 84.3 cm³/mol. The van der Waals surface area contributed by atoms with E-state index in [1.807, 2.05) is 0 Å². The highest BCUT2D eigenvalue weighted by atomic mass is 16.2. The SMILES string of the molecule is C=CCNC(=O)c1ccc(Nc2ccc(C(C)=O)cc2)nn1. The molecular weight excluding hydrogens is 280 g/mol. The zero-order valence-corrected chi connectivity index (χ0v) is 12.2. The molecule has 0 atom stereocenters. The molecule has 0 aliphatic carbocycles. The molecule has 6 nitrogen and oxygen atoms in total. The van der Waals surface area contributed by atoms with Gasteiger partial charge in [-0.2, -0.15) is 0 Å². The van der Waals surface area contributed by atoms with Crippen molar-refractivity contribution < 1.29 is 9.59 Å². The van der Waals surface area contributed by atoms with E-state index in [9.17, 15) is 9.59 Å². The van der Waals surface area contributed by atoms with Crippen LogP contribution in [0.1, 0.15) is 27.8 Å². The number of hydrogen-bond donors (Lipinski definition) is 2.